The van der Waals surface area contributed by atoms with Gasteiger partial charge in [-0.2, -0.15) is 0 Å². The highest BCUT2D eigenvalue weighted by Crippen LogP contribution is 2.09. The van der Waals surface area contributed by atoms with Crippen molar-refractivity contribution in [1.82, 2.24) is 4.90 Å². The Morgan fingerprint density at radius 2 is 2.08 bits per heavy atom. The van der Waals surface area contributed by atoms with Gasteiger partial charge in [-0.25, -0.2) is 8.42 Å². The zero-order valence-corrected chi connectivity index (χ0v) is 8.64. The standard InChI is InChI=1S/C8H15NO3S/c1-13(11,12)7-6-9-5-3-2-4-8(9)10/h2-7H2,1H3. The molecule has 0 aliphatic carbocycles. The van der Waals surface area contributed by atoms with E-state index in [9.17, 15) is 13.2 Å². The minimum absolute atomic E-state index is 0.0821. The lowest BCUT2D eigenvalue weighted by Gasteiger charge is -2.26. The normalized spacial score (nSPS) is 19.2. The van der Waals surface area contributed by atoms with Crippen molar-refractivity contribution in [3.63, 3.8) is 0 Å². The first-order valence-corrected chi connectivity index (χ1v) is 6.50. The maximum absolute atomic E-state index is 11.2. The van der Waals surface area contributed by atoms with E-state index in [1.54, 1.807) is 4.90 Å². The molecule has 1 aliphatic heterocycles. The van der Waals surface area contributed by atoms with E-state index < -0.39 is 9.84 Å². The molecule has 1 amide bonds. The lowest BCUT2D eigenvalue weighted by atomic mass is 10.1. The Morgan fingerprint density at radius 3 is 2.62 bits per heavy atom. The largest absolute Gasteiger partial charge is 0.342 e. The van der Waals surface area contributed by atoms with Crippen molar-refractivity contribution < 1.29 is 13.2 Å². The van der Waals surface area contributed by atoms with Gasteiger partial charge in [0.05, 0.1) is 5.75 Å². The van der Waals surface area contributed by atoms with Gasteiger partial charge in [-0.1, -0.05) is 0 Å². The molecule has 1 aliphatic rings. The number of carbonyl (C=O) groups excluding carboxylic acids is 1. The fraction of sp³-hybridized carbons (Fsp3) is 0.875. The highest BCUT2D eigenvalue weighted by Gasteiger charge is 2.18. The summed E-state index contributed by atoms with van der Waals surface area (Å²) >= 11 is 0. The Kier molecular flexibility index (Phi) is 3.30. The summed E-state index contributed by atoms with van der Waals surface area (Å²) in [5.41, 5.74) is 0. The summed E-state index contributed by atoms with van der Waals surface area (Å²) in [6, 6.07) is 0. The van der Waals surface area contributed by atoms with E-state index in [0.29, 0.717) is 19.5 Å². The molecule has 76 valence electrons. The molecule has 0 N–H and O–H groups in total. The molecule has 0 atom stereocenters. The van der Waals surface area contributed by atoms with Crippen LogP contribution in [0.1, 0.15) is 19.3 Å². The van der Waals surface area contributed by atoms with Crippen LogP contribution in [0, 0.1) is 0 Å². The van der Waals surface area contributed by atoms with Gasteiger partial charge in [0, 0.05) is 25.8 Å². The van der Waals surface area contributed by atoms with Crippen LogP contribution in [0.3, 0.4) is 0 Å². The Hall–Kier alpha value is -0.580. The quantitative estimate of drug-likeness (QED) is 0.654. The number of piperidine rings is 1. The second-order valence-electron chi connectivity index (χ2n) is 3.47. The SMILES string of the molecule is CS(=O)(=O)CCN1CCCCC1=O. The van der Waals surface area contributed by atoms with E-state index in [0.717, 1.165) is 12.8 Å². The third kappa shape index (κ3) is 3.76. The van der Waals surface area contributed by atoms with Gasteiger partial charge in [-0.15, -0.1) is 0 Å². The van der Waals surface area contributed by atoms with Crippen molar-refractivity contribution in [2.75, 3.05) is 25.1 Å². The van der Waals surface area contributed by atoms with Gasteiger partial charge in [0.2, 0.25) is 5.91 Å². The summed E-state index contributed by atoms with van der Waals surface area (Å²) in [5, 5.41) is 0. The average molecular weight is 205 g/mol. The summed E-state index contributed by atoms with van der Waals surface area (Å²) in [5.74, 6) is 0.175. The van der Waals surface area contributed by atoms with E-state index in [1.165, 1.54) is 6.26 Å². The second-order valence-corrected chi connectivity index (χ2v) is 5.73. The molecule has 1 saturated heterocycles. The topological polar surface area (TPSA) is 54.5 Å². The number of sulfone groups is 1. The van der Waals surface area contributed by atoms with Crippen LogP contribution in [0.15, 0.2) is 0 Å². The first-order valence-electron chi connectivity index (χ1n) is 4.44. The fourth-order valence-electron chi connectivity index (χ4n) is 1.37. The van der Waals surface area contributed by atoms with E-state index in [1.807, 2.05) is 0 Å². The predicted octanol–water partition coefficient (Wildman–Crippen LogP) is 0.0435. The number of hydrogen-bond acceptors (Lipinski definition) is 3. The molecule has 0 aromatic carbocycles. The maximum Gasteiger partial charge on any atom is 0.222 e. The molecule has 0 unspecified atom stereocenters. The maximum atomic E-state index is 11.2. The van der Waals surface area contributed by atoms with E-state index in [-0.39, 0.29) is 11.7 Å². The molecule has 0 bridgehead atoms. The van der Waals surface area contributed by atoms with E-state index in [2.05, 4.69) is 0 Å². The van der Waals surface area contributed by atoms with Crippen LogP contribution in [-0.4, -0.2) is 44.3 Å². The van der Waals surface area contributed by atoms with Gasteiger partial charge in [0.25, 0.3) is 0 Å². The molecular formula is C8H15NO3S. The monoisotopic (exact) mass is 205 g/mol. The molecule has 5 heteroatoms. The van der Waals surface area contributed by atoms with Crippen molar-refractivity contribution in [2.45, 2.75) is 19.3 Å². The zero-order valence-electron chi connectivity index (χ0n) is 7.82. The Morgan fingerprint density at radius 1 is 1.38 bits per heavy atom. The molecule has 4 nitrogen and oxygen atoms in total. The molecule has 13 heavy (non-hydrogen) atoms. The second kappa shape index (κ2) is 4.09. The van der Waals surface area contributed by atoms with Crippen molar-refractivity contribution >= 4 is 15.7 Å². The minimum Gasteiger partial charge on any atom is -0.342 e. The third-order valence-electron chi connectivity index (χ3n) is 2.15. The minimum atomic E-state index is -2.94. The van der Waals surface area contributed by atoms with Crippen LogP contribution in [0.5, 0.6) is 0 Å². The first-order chi connectivity index (χ1) is 5.99. The molecular weight excluding hydrogens is 190 g/mol. The number of hydrogen-bond donors (Lipinski definition) is 0. The molecule has 1 fully saturated rings. The number of nitrogens with zero attached hydrogens (tertiary/aromatic N) is 1. The summed E-state index contributed by atoms with van der Waals surface area (Å²) in [7, 11) is -2.94. The Labute approximate surface area is 78.8 Å². The van der Waals surface area contributed by atoms with Crippen molar-refractivity contribution in [3.05, 3.63) is 0 Å². The summed E-state index contributed by atoms with van der Waals surface area (Å²) in [6.45, 7) is 1.08. The number of likely N-dealkylation sites (tertiary alicyclic amines) is 1. The van der Waals surface area contributed by atoms with Crippen LogP contribution in [0.4, 0.5) is 0 Å². The predicted molar refractivity (Wildman–Crippen MR) is 50.1 cm³/mol. The molecule has 0 spiro atoms. The van der Waals surface area contributed by atoms with Crippen LogP contribution in [0.2, 0.25) is 0 Å². The van der Waals surface area contributed by atoms with Crippen molar-refractivity contribution in [2.24, 2.45) is 0 Å². The van der Waals surface area contributed by atoms with E-state index in [4.69, 9.17) is 0 Å². The van der Waals surface area contributed by atoms with Crippen molar-refractivity contribution in [1.29, 1.82) is 0 Å². The van der Waals surface area contributed by atoms with Gasteiger partial charge in [0.15, 0.2) is 0 Å². The summed E-state index contributed by atoms with van der Waals surface area (Å²) in [4.78, 5) is 12.9. The van der Waals surface area contributed by atoms with Gasteiger partial charge < -0.3 is 4.90 Å². The average Bonchev–Trinajstić information content (AvgIpc) is 2.01. The number of amides is 1. The van der Waals surface area contributed by atoms with Gasteiger partial charge in [-0.05, 0) is 12.8 Å². The van der Waals surface area contributed by atoms with Crippen LogP contribution < -0.4 is 0 Å². The zero-order chi connectivity index (χ0) is 9.90. The first kappa shape index (κ1) is 10.5. The summed E-state index contributed by atoms with van der Waals surface area (Å²) in [6.07, 6.45) is 3.70. The lowest BCUT2D eigenvalue weighted by Crippen LogP contribution is -2.38. The smallest absolute Gasteiger partial charge is 0.222 e. The van der Waals surface area contributed by atoms with Gasteiger partial charge in [0.1, 0.15) is 9.84 Å². The molecule has 0 radical (unpaired) electrons. The number of rotatable bonds is 3. The van der Waals surface area contributed by atoms with Crippen LogP contribution in [0.25, 0.3) is 0 Å². The van der Waals surface area contributed by atoms with Crippen LogP contribution >= 0.6 is 0 Å². The van der Waals surface area contributed by atoms with Gasteiger partial charge in [-0.3, -0.25) is 4.79 Å². The Bertz CT molecular complexity index is 284. The third-order valence-corrected chi connectivity index (χ3v) is 3.08. The van der Waals surface area contributed by atoms with Crippen molar-refractivity contribution in [3.8, 4) is 0 Å². The highest BCUT2D eigenvalue weighted by molar-refractivity contribution is 7.90. The molecule has 0 aromatic heterocycles. The number of carbonyl (C=O) groups is 1. The summed E-state index contributed by atoms with van der Waals surface area (Å²) < 4.78 is 21.7. The molecule has 1 heterocycles. The fourth-order valence-corrected chi connectivity index (χ4v) is 1.93. The van der Waals surface area contributed by atoms with E-state index >= 15 is 0 Å². The van der Waals surface area contributed by atoms with Crippen LogP contribution in [-0.2, 0) is 14.6 Å². The highest BCUT2D eigenvalue weighted by atomic mass is 32.2. The lowest BCUT2D eigenvalue weighted by molar-refractivity contribution is -0.132. The molecule has 0 saturated carbocycles. The van der Waals surface area contributed by atoms with Gasteiger partial charge >= 0.3 is 0 Å². The molecule has 1 rings (SSSR count). The Balaban J connectivity index is 2.40. The molecule has 0 aromatic rings.